The quantitative estimate of drug-likeness (QED) is 0.602. The lowest BCUT2D eigenvalue weighted by atomic mass is 10.2. The Morgan fingerprint density at radius 3 is 2.71 bits per heavy atom. The van der Waals surface area contributed by atoms with Crippen LogP contribution in [0.3, 0.4) is 0 Å². The molecule has 1 heterocycles. The van der Waals surface area contributed by atoms with Crippen LogP contribution in [0.1, 0.15) is 6.42 Å². The van der Waals surface area contributed by atoms with Gasteiger partial charge in [0, 0.05) is 25.7 Å². The summed E-state index contributed by atoms with van der Waals surface area (Å²) >= 11 is 0. The predicted molar refractivity (Wildman–Crippen MR) is 77.8 cm³/mol. The molecule has 21 heavy (non-hydrogen) atoms. The van der Waals surface area contributed by atoms with Gasteiger partial charge in [0.05, 0.1) is 37.8 Å². The SMILES string of the molecule is COCCOCC(=O)Nc1cc2c(cc1N)OCCCO2. The minimum absolute atomic E-state index is 0.0583. The van der Waals surface area contributed by atoms with Gasteiger partial charge in [-0.05, 0) is 0 Å². The number of rotatable bonds is 6. The molecule has 2 rings (SSSR count). The molecule has 0 aromatic heterocycles. The minimum atomic E-state index is -0.285. The summed E-state index contributed by atoms with van der Waals surface area (Å²) in [6, 6.07) is 3.32. The van der Waals surface area contributed by atoms with Gasteiger partial charge in [0.25, 0.3) is 0 Å². The number of nitrogens with two attached hydrogens (primary N) is 1. The fraction of sp³-hybridized carbons (Fsp3) is 0.500. The molecule has 7 heteroatoms. The average molecular weight is 296 g/mol. The zero-order valence-corrected chi connectivity index (χ0v) is 12.0. The van der Waals surface area contributed by atoms with Crippen molar-refractivity contribution < 1.29 is 23.7 Å². The minimum Gasteiger partial charge on any atom is -0.489 e. The van der Waals surface area contributed by atoms with E-state index in [1.54, 1.807) is 19.2 Å². The van der Waals surface area contributed by atoms with E-state index in [9.17, 15) is 4.79 Å². The van der Waals surface area contributed by atoms with Crippen molar-refractivity contribution in [2.45, 2.75) is 6.42 Å². The van der Waals surface area contributed by atoms with E-state index in [0.717, 1.165) is 6.42 Å². The number of carbonyl (C=O) groups excluding carboxylic acids is 1. The van der Waals surface area contributed by atoms with Gasteiger partial charge in [-0.1, -0.05) is 0 Å². The highest BCUT2D eigenvalue weighted by Gasteiger charge is 2.15. The fourth-order valence-electron chi connectivity index (χ4n) is 1.83. The van der Waals surface area contributed by atoms with Crippen molar-refractivity contribution in [3.05, 3.63) is 12.1 Å². The summed E-state index contributed by atoms with van der Waals surface area (Å²) in [7, 11) is 1.57. The number of hydrogen-bond acceptors (Lipinski definition) is 6. The molecule has 1 amide bonds. The lowest BCUT2D eigenvalue weighted by Gasteiger charge is -2.13. The van der Waals surface area contributed by atoms with Crippen molar-refractivity contribution in [1.82, 2.24) is 0 Å². The number of nitrogen functional groups attached to an aromatic ring is 1. The number of carbonyl (C=O) groups is 1. The number of ether oxygens (including phenoxy) is 4. The maximum atomic E-state index is 11.8. The Labute approximate surface area is 123 Å². The van der Waals surface area contributed by atoms with Gasteiger partial charge in [-0.3, -0.25) is 4.79 Å². The maximum absolute atomic E-state index is 11.8. The molecule has 3 N–H and O–H groups in total. The molecule has 1 aromatic carbocycles. The Balaban J connectivity index is 1.96. The zero-order valence-electron chi connectivity index (χ0n) is 12.0. The molecular formula is C14H20N2O5. The topological polar surface area (TPSA) is 92.0 Å². The largest absolute Gasteiger partial charge is 0.489 e. The number of hydrogen-bond donors (Lipinski definition) is 2. The van der Waals surface area contributed by atoms with Gasteiger partial charge < -0.3 is 30.0 Å². The van der Waals surface area contributed by atoms with E-state index in [1.807, 2.05) is 0 Å². The summed E-state index contributed by atoms with van der Waals surface area (Å²) in [5.74, 6) is 0.893. The van der Waals surface area contributed by atoms with Gasteiger partial charge in [-0.15, -0.1) is 0 Å². The van der Waals surface area contributed by atoms with E-state index in [4.69, 9.17) is 24.7 Å². The molecule has 7 nitrogen and oxygen atoms in total. The summed E-state index contributed by atoms with van der Waals surface area (Å²) in [5.41, 5.74) is 6.82. The molecule has 0 atom stereocenters. The molecule has 0 saturated carbocycles. The van der Waals surface area contributed by atoms with Crippen LogP contribution in [0.25, 0.3) is 0 Å². The molecule has 0 spiro atoms. The van der Waals surface area contributed by atoms with Crippen LogP contribution >= 0.6 is 0 Å². The molecule has 1 aromatic rings. The zero-order chi connectivity index (χ0) is 15.1. The van der Waals surface area contributed by atoms with Crippen molar-refractivity contribution in [3.63, 3.8) is 0 Å². The average Bonchev–Trinajstić information content (AvgIpc) is 2.69. The second kappa shape index (κ2) is 7.70. The van der Waals surface area contributed by atoms with Gasteiger partial charge in [-0.2, -0.15) is 0 Å². The first kappa shape index (κ1) is 15.4. The first-order chi connectivity index (χ1) is 10.2. The van der Waals surface area contributed by atoms with Crippen LogP contribution in [-0.4, -0.2) is 46.1 Å². The Morgan fingerprint density at radius 1 is 1.29 bits per heavy atom. The summed E-state index contributed by atoms with van der Waals surface area (Å²) < 4.78 is 21.1. The Hall–Kier alpha value is -1.99. The number of amides is 1. The van der Waals surface area contributed by atoms with E-state index in [0.29, 0.717) is 49.3 Å². The normalized spacial score (nSPS) is 13.6. The van der Waals surface area contributed by atoms with Gasteiger partial charge in [0.2, 0.25) is 5.91 Å². The molecule has 1 aliphatic rings. The van der Waals surface area contributed by atoms with Crippen molar-refractivity contribution in [1.29, 1.82) is 0 Å². The molecule has 0 saturated heterocycles. The second-order valence-corrected chi connectivity index (χ2v) is 4.53. The van der Waals surface area contributed by atoms with Crippen LogP contribution in [0, 0.1) is 0 Å². The molecule has 0 fully saturated rings. The molecule has 1 aliphatic heterocycles. The number of anilines is 2. The van der Waals surface area contributed by atoms with Crippen molar-refractivity contribution in [2.75, 3.05) is 51.2 Å². The van der Waals surface area contributed by atoms with E-state index in [-0.39, 0.29) is 12.5 Å². The highest BCUT2D eigenvalue weighted by Crippen LogP contribution is 2.36. The number of benzene rings is 1. The smallest absolute Gasteiger partial charge is 0.250 e. The highest BCUT2D eigenvalue weighted by atomic mass is 16.5. The first-order valence-electron chi connectivity index (χ1n) is 6.76. The van der Waals surface area contributed by atoms with E-state index >= 15 is 0 Å². The lowest BCUT2D eigenvalue weighted by Crippen LogP contribution is -2.20. The predicted octanol–water partition coefficient (Wildman–Crippen LogP) is 1.03. The monoisotopic (exact) mass is 296 g/mol. The lowest BCUT2D eigenvalue weighted by molar-refractivity contribution is -0.121. The molecule has 116 valence electrons. The van der Waals surface area contributed by atoms with Crippen LogP contribution in [0.2, 0.25) is 0 Å². The summed E-state index contributed by atoms with van der Waals surface area (Å²) in [6.07, 6.45) is 0.809. The second-order valence-electron chi connectivity index (χ2n) is 4.53. The van der Waals surface area contributed by atoms with Crippen LogP contribution in [0.4, 0.5) is 11.4 Å². The van der Waals surface area contributed by atoms with Crippen molar-refractivity contribution >= 4 is 17.3 Å². The van der Waals surface area contributed by atoms with Crippen molar-refractivity contribution in [3.8, 4) is 11.5 Å². The summed E-state index contributed by atoms with van der Waals surface area (Å²) in [5, 5.41) is 2.69. The Morgan fingerprint density at radius 2 is 2.00 bits per heavy atom. The summed E-state index contributed by atoms with van der Waals surface area (Å²) in [4.78, 5) is 11.8. The van der Waals surface area contributed by atoms with E-state index < -0.39 is 0 Å². The van der Waals surface area contributed by atoms with E-state index in [1.165, 1.54) is 0 Å². The van der Waals surface area contributed by atoms with Crippen LogP contribution in [0.5, 0.6) is 11.5 Å². The number of methoxy groups -OCH3 is 1. The first-order valence-corrected chi connectivity index (χ1v) is 6.76. The third-order valence-electron chi connectivity index (χ3n) is 2.86. The van der Waals surface area contributed by atoms with Gasteiger partial charge in [0.1, 0.15) is 6.61 Å². The van der Waals surface area contributed by atoms with E-state index in [2.05, 4.69) is 5.32 Å². The van der Waals surface area contributed by atoms with Crippen LogP contribution in [-0.2, 0) is 14.3 Å². The number of nitrogens with one attached hydrogen (secondary N) is 1. The number of fused-ring (bicyclic) bond motifs is 1. The summed E-state index contributed by atoms with van der Waals surface area (Å²) in [6.45, 7) is 1.91. The van der Waals surface area contributed by atoms with Gasteiger partial charge >= 0.3 is 0 Å². The standard InChI is InChI=1S/C14H20N2O5/c1-18-5-6-19-9-14(17)16-11-8-13-12(7-10(11)15)20-3-2-4-21-13/h7-8H,2-6,9,15H2,1H3,(H,16,17). The molecule has 0 bridgehead atoms. The fourth-order valence-corrected chi connectivity index (χ4v) is 1.83. The highest BCUT2D eigenvalue weighted by molar-refractivity contribution is 5.95. The van der Waals surface area contributed by atoms with Crippen LogP contribution < -0.4 is 20.5 Å². The Kier molecular flexibility index (Phi) is 5.65. The third-order valence-corrected chi connectivity index (χ3v) is 2.86. The van der Waals surface area contributed by atoms with Gasteiger partial charge in [-0.25, -0.2) is 0 Å². The van der Waals surface area contributed by atoms with Crippen LogP contribution in [0.15, 0.2) is 12.1 Å². The molecule has 0 aliphatic carbocycles. The van der Waals surface area contributed by atoms with Gasteiger partial charge in [0.15, 0.2) is 11.5 Å². The molecular weight excluding hydrogens is 276 g/mol. The maximum Gasteiger partial charge on any atom is 0.250 e. The molecule has 0 unspecified atom stereocenters. The Bertz CT molecular complexity index is 492. The van der Waals surface area contributed by atoms with Crippen molar-refractivity contribution in [2.24, 2.45) is 0 Å². The third kappa shape index (κ3) is 4.51. The molecule has 0 radical (unpaired) electrons.